The molecule has 170 valence electrons. The number of carbonyl (C=O) groups is 1. The summed E-state index contributed by atoms with van der Waals surface area (Å²) in [5, 5.41) is 13.0. The Labute approximate surface area is 188 Å². The van der Waals surface area contributed by atoms with Crippen LogP contribution in [0.25, 0.3) is 0 Å². The molecule has 0 aliphatic heterocycles. The summed E-state index contributed by atoms with van der Waals surface area (Å²) in [6, 6.07) is 11.6. The maximum Gasteiger partial charge on any atom is 0.265 e. The summed E-state index contributed by atoms with van der Waals surface area (Å²) in [6.07, 6.45) is 1.86. The Kier molecular flexibility index (Phi) is 7.80. The van der Waals surface area contributed by atoms with Crippen LogP contribution in [0.15, 0.2) is 36.4 Å². The molecule has 2 aromatic rings. The zero-order valence-electron chi connectivity index (χ0n) is 20.4. The smallest absolute Gasteiger partial charge is 0.265 e. The third-order valence-electron chi connectivity index (χ3n) is 6.60. The minimum atomic E-state index is -0.655. The molecule has 2 N–H and O–H groups in total. The number of rotatable bonds is 9. The van der Waals surface area contributed by atoms with Gasteiger partial charge in [-0.05, 0) is 66.3 Å². The lowest BCUT2D eigenvalue weighted by Crippen LogP contribution is -2.33. The minimum absolute atomic E-state index is 0.0576. The topological polar surface area (TPSA) is 58.6 Å². The number of phenols is 1. The molecule has 0 spiro atoms. The fourth-order valence-corrected chi connectivity index (χ4v) is 3.41. The Balaban J connectivity index is 2.36. The van der Waals surface area contributed by atoms with Crippen molar-refractivity contribution < 1.29 is 14.6 Å². The number of carbonyl (C=O) groups excluding carboxylic acids is 1. The maximum atomic E-state index is 12.9. The minimum Gasteiger partial charge on any atom is -0.506 e. The molecule has 0 heterocycles. The van der Waals surface area contributed by atoms with Crippen molar-refractivity contribution in [2.75, 3.05) is 5.32 Å². The van der Waals surface area contributed by atoms with E-state index in [0.717, 1.165) is 29.7 Å². The van der Waals surface area contributed by atoms with Gasteiger partial charge in [0.05, 0.1) is 5.69 Å². The van der Waals surface area contributed by atoms with Crippen molar-refractivity contribution in [1.82, 2.24) is 0 Å². The second kappa shape index (κ2) is 9.76. The molecule has 4 heteroatoms. The molecular weight excluding hydrogens is 386 g/mol. The highest BCUT2D eigenvalue weighted by Gasteiger charge is 2.29. The number of amides is 1. The van der Waals surface area contributed by atoms with Crippen LogP contribution in [0.4, 0.5) is 5.69 Å². The Morgan fingerprint density at radius 1 is 1.00 bits per heavy atom. The summed E-state index contributed by atoms with van der Waals surface area (Å²) in [7, 11) is 0. The molecule has 2 rings (SSSR count). The van der Waals surface area contributed by atoms with Crippen molar-refractivity contribution in [2.24, 2.45) is 0 Å². The molecular formula is C27H39NO3. The van der Waals surface area contributed by atoms with E-state index < -0.39 is 6.10 Å². The summed E-state index contributed by atoms with van der Waals surface area (Å²) >= 11 is 0. The van der Waals surface area contributed by atoms with Gasteiger partial charge in [-0.1, -0.05) is 66.7 Å². The first-order valence-electron chi connectivity index (χ1n) is 11.4. The van der Waals surface area contributed by atoms with Crippen LogP contribution in [0.5, 0.6) is 11.5 Å². The van der Waals surface area contributed by atoms with E-state index in [4.69, 9.17) is 4.74 Å². The van der Waals surface area contributed by atoms with E-state index in [0.29, 0.717) is 12.1 Å². The molecule has 1 atom stereocenters. The molecule has 0 bridgehead atoms. The normalized spacial score (nSPS) is 13.0. The number of aryl methyl sites for hydroxylation is 1. The highest BCUT2D eigenvalue weighted by Crippen LogP contribution is 2.39. The Morgan fingerprint density at radius 3 is 2.19 bits per heavy atom. The largest absolute Gasteiger partial charge is 0.506 e. The van der Waals surface area contributed by atoms with Crippen LogP contribution in [0.2, 0.25) is 0 Å². The van der Waals surface area contributed by atoms with Gasteiger partial charge >= 0.3 is 0 Å². The number of benzene rings is 2. The van der Waals surface area contributed by atoms with Gasteiger partial charge in [-0.2, -0.15) is 0 Å². The molecule has 0 aliphatic carbocycles. The van der Waals surface area contributed by atoms with Gasteiger partial charge in [-0.3, -0.25) is 4.79 Å². The fraction of sp³-hybridized carbons (Fsp3) is 0.519. The van der Waals surface area contributed by atoms with Crippen LogP contribution >= 0.6 is 0 Å². The van der Waals surface area contributed by atoms with Gasteiger partial charge < -0.3 is 15.2 Å². The lowest BCUT2D eigenvalue weighted by Gasteiger charge is -2.31. The van der Waals surface area contributed by atoms with Crippen molar-refractivity contribution in [3.8, 4) is 11.5 Å². The SMILES string of the molecule is CCC(Oc1ccc(C(C)(C)CC)cc1C(C)(C)CC)C(=O)Nc1ccc(C)cc1O. The van der Waals surface area contributed by atoms with Crippen LogP contribution in [0, 0.1) is 6.92 Å². The van der Waals surface area contributed by atoms with Gasteiger partial charge in [-0.25, -0.2) is 0 Å². The number of nitrogens with one attached hydrogen (secondary N) is 1. The average Bonchev–Trinajstić information content (AvgIpc) is 2.73. The lowest BCUT2D eigenvalue weighted by molar-refractivity contribution is -0.122. The van der Waals surface area contributed by atoms with Gasteiger partial charge in [0.25, 0.3) is 5.91 Å². The predicted molar refractivity (Wildman–Crippen MR) is 129 cm³/mol. The van der Waals surface area contributed by atoms with E-state index in [1.807, 2.05) is 26.0 Å². The second-order valence-corrected chi connectivity index (χ2v) is 9.71. The van der Waals surface area contributed by atoms with E-state index in [1.165, 1.54) is 5.56 Å². The molecule has 0 saturated heterocycles. The van der Waals surface area contributed by atoms with E-state index in [1.54, 1.807) is 12.1 Å². The Bertz CT molecular complexity index is 915. The fourth-order valence-electron chi connectivity index (χ4n) is 3.41. The quantitative estimate of drug-likeness (QED) is 0.431. The summed E-state index contributed by atoms with van der Waals surface area (Å²) in [5.74, 6) is 0.541. The molecule has 1 amide bonds. The molecule has 1 unspecified atom stereocenters. The van der Waals surface area contributed by atoms with Gasteiger partial charge in [0, 0.05) is 5.56 Å². The third-order valence-corrected chi connectivity index (χ3v) is 6.60. The van der Waals surface area contributed by atoms with Gasteiger partial charge in [0.15, 0.2) is 6.10 Å². The molecule has 4 nitrogen and oxygen atoms in total. The van der Waals surface area contributed by atoms with Crippen LogP contribution in [0.1, 0.15) is 84.4 Å². The van der Waals surface area contributed by atoms with Crippen LogP contribution in [-0.4, -0.2) is 17.1 Å². The zero-order valence-corrected chi connectivity index (χ0v) is 20.4. The standard InChI is InChI=1S/C27H39NO3/c1-9-23(25(30)28-21-14-12-18(4)16-22(21)29)31-24-15-13-19(26(5,6)10-2)17-20(24)27(7,8)11-3/h12-17,23,29H,9-11H2,1-8H3,(H,28,30). The Morgan fingerprint density at radius 2 is 1.65 bits per heavy atom. The van der Waals surface area contributed by atoms with Gasteiger partial charge in [0.2, 0.25) is 0 Å². The highest BCUT2D eigenvalue weighted by molar-refractivity contribution is 5.95. The monoisotopic (exact) mass is 425 g/mol. The second-order valence-electron chi connectivity index (χ2n) is 9.71. The number of hydrogen-bond acceptors (Lipinski definition) is 3. The molecule has 0 radical (unpaired) electrons. The van der Waals surface area contributed by atoms with Gasteiger partial charge in [0.1, 0.15) is 11.5 Å². The third kappa shape index (κ3) is 5.81. The first-order valence-corrected chi connectivity index (χ1v) is 11.4. The highest BCUT2D eigenvalue weighted by atomic mass is 16.5. The number of aromatic hydroxyl groups is 1. The lowest BCUT2D eigenvalue weighted by atomic mass is 9.76. The summed E-state index contributed by atoms with van der Waals surface area (Å²) in [4.78, 5) is 12.9. The first kappa shape index (κ1) is 24.8. The van der Waals surface area contributed by atoms with E-state index in [-0.39, 0.29) is 22.5 Å². The van der Waals surface area contributed by atoms with E-state index >= 15 is 0 Å². The van der Waals surface area contributed by atoms with Crippen LogP contribution in [-0.2, 0) is 15.6 Å². The van der Waals surface area contributed by atoms with Gasteiger partial charge in [-0.15, -0.1) is 0 Å². The molecule has 0 saturated carbocycles. The van der Waals surface area contributed by atoms with Crippen molar-refractivity contribution in [2.45, 2.75) is 91.6 Å². The van der Waals surface area contributed by atoms with Crippen molar-refractivity contribution >= 4 is 11.6 Å². The van der Waals surface area contributed by atoms with Crippen molar-refractivity contribution in [3.63, 3.8) is 0 Å². The van der Waals surface area contributed by atoms with E-state index in [9.17, 15) is 9.90 Å². The molecule has 0 aliphatic rings. The predicted octanol–water partition coefficient (Wildman–Crippen LogP) is 6.87. The van der Waals surface area contributed by atoms with Crippen LogP contribution < -0.4 is 10.1 Å². The molecule has 0 aromatic heterocycles. The maximum absolute atomic E-state index is 12.9. The first-order chi connectivity index (χ1) is 14.4. The van der Waals surface area contributed by atoms with E-state index in [2.05, 4.69) is 59.0 Å². The zero-order chi connectivity index (χ0) is 23.4. The summed E-state index contributed by atoms with van der Waals surface area (Å²) in [6.45, 7) is 17.1. The molecule has 31 heavy (non-hydrogen) atoms. The summed E-state index contributed by atoms with van der Waals surface area (Å²) in [5.41, 5.74) is 3.72. The number of hydrogen-bond donors (Lipinski definition) is 2. The Hall–Kier alpha value is -2.49. The van der Waals surface area contributed by atoms with Crippen molar-refractivity contribution in [1.29, 1.82) is 0 Å². The molecule has 2 aromatic carbocycles. The number of anilines is 1. The summed E-state index contributed by atoms with van der Waals surface area (Å²) < 4.78 is 6.29. The number of phenolic OH excluding ortho intramolecular Hbond substituents is 1. The molecule has 0 fully saturated rings. The van der Waals surface area contributed by atoms with Crippen LogP contribution in [0.3, 0.4) is 0 Å². The number of ether oxygens (including phenoxy) is 1. The average molecular weight is 426 g/mol. The van der Waals surface area contributed by atoms with Crippen molar-refractivity contribution in [3.05, 3.63) is 53.1 Å².